The molecule has 3 heteroatoms. The average Bonchev–Trinajstić information content (AvgIpc) is 2.56. The predicted molar refractivity (Wildman–Crippen MR) is 98.6 cm³/mol. The predicted octanol–water partition coefficient (Wildman–Crippen LogP) is 2.77. The van der Waals surface area contributed by atoms with Gasteiger partial charge in [0.2, 0.25) is 0 Å². The molecule has 0 amide bonds. The minimum Gasteiger partial charge on any atom is -0.314 e. The zero-order valence-electron chi connectivity index (χ0n) is 14.4. The minimum atomic E-state index is 0.944. The van der Waals surface area contributed by atoms with Gasteiger partial charge in [-0.15, -0.1) is 0 Å². The molecule has 2 rings (SSSR count). The largest absolute Gasteiger partial charge is 0.314 e. The Labute approximate surface area is 140 Å². The first kappa shape index (κ1) is 17.7. The molecular formula is C20H29N3. The van der Waals surface area contributed by atoms with E-state index in [4.69, 9.17) is 0 Å². The third-order valence-corrected chi connectivity index (χ3v) is 4.11. The van der Waals surface area contributed by atoms with Gasteiger partial charge in [-0.1, -0.05) is 48.5 Å². The van der Waals surface area contributed by atoms with Crippen LogP contribution in [0.15, 0.2) is 48.5 Å². The maximum atomic E-state index is 3.48. The number of rotatable bonds is 10. The van der Waals surface area contributed by atoms with E-state index in [0.717, 1.165) is 39.3 Å². The smallest absolute Gasteiger partial charge is 0.0208 e. The summed E-state index contributed by atoms with van der Waals surface area (Å²) >= 11 is 0. The van der Waals surface area contributed by atoms with Gasteiger partial charge in [0.15, 0.2) is 0 Å². The molecular weight excluding hydrogens is 282 g/mol. The molecule has 0 aliphatic heterocycles. The Morgan fingerprint density at radius 2 is 0.957 bits per heavy atom. The van der Waals surface area contributed by atoms with Gasteiger partial charge in [-0.25, -0.2) is 0 Å². The molecule has 0 fully saturated rings. The van der Waals surface area contributed by atoms with E-state index < -0.39 is 0 Å². The summed E-state index contributed by atoms with van der Waals surface area (Å²) in [6.45, 7) is 10.2. The molecule has 23 heavy (non-hydrogen) atoms. The van der Waals surface area contributed by atoms with Crippen LogP contribution in [0.25, 0.3) is 0 Å². The van der Waals surface area contributed by atoms with Gasteiger partial charge in [0, 0.05) is 39.3 Å². The molecule has 3 nitrogen and oxygen atoms in total. The molecule has 0 bridgehead atoms. The standard InChI is InChI=1S/C20H29N3/c1-17-7-3-5-9-19(17)15-22-13-11-21-12-14-23-16-20-10-6-4-8-18(20)2/h3-10,21-23H,11-16H2,1-2H3. The zero-order valence-corrected chi connectivity index (χ0v) is 14.4. The van der Waals surface area contributed by atoms with Crippen LogP contribution in [0.5, 0.6) is 0 Å². The summed E-state index contributed by atoms with van der Waals surface area (Å²) in [4.78, 5) is 0. The van der Waals surface area contributed by atoms with Crippen molar-refractivity contribution in [3.63, 3.8) is 0 Å². The summed E-state index contributed by atoms with van der Waals surface area (Å²) in [5, 5.41) is 10.4. The first-order valence-electron chi connectivity index (χ1n) is 8.48. The van der Waals surface area contributed by atoms with Crippen molar-refractivity contribution < 1.29 is 0 Å². The number of hydrogen-bond donors (Lipinski definition) is 3. The minimum absolute atomic E-state index is 0.944. The fourth-order valence-electron chi connectivity index (χ4n) is 2.54. The summed E-state index contributed by atoms with van der Waals surface area (Å²) in [5.74, 6) is 0. The van der Waals surface area contributed by atoms with Crippen LogP contribution in [0, 0.1) is 13.8 Å². The monoisotopic (exact) mass is 311 g/mol. The molecule has 0 aromatic heterocycles. The van der Waals surface area contributed by atoms with E-state index in [1.165, 1.54) is 22.3 Å². The Balaban J connectivity index is 1.47. The van der Waals surface area contributed by atoms with E-state index in [2.05, 4.69) is 78.3 Å². The van der Waals surface area contributed by atoms with Crippen molar-refractivity contribution in [2.75, 3.05) is 26.2 Å². The number of benzene rings is 2. The second-order valence-corrected chi connectivity index (χ2v) is 5.96. The average molecular weight is 311 g/mol. The van der Waals surface area contributed by atoms with Crippen LogP contribution in [0.1, 0.15) is 22.3 Å². The Morgan fingerprint density at radius 3 is 1.39 bits per heavy atom. The van der Waals surface area contributed by atoms with Crippen molar-refractivity contribution in [1.29, 1.82) is 0 Å². The van der Waals surface area contributed by atoms with Gasteiger partial charge in [0.1, 0.15) is 0 Å². The number of aryl methyl sites for hydroxylation is 2. The van der Waals surface area contributed by atoms with Crippen molar-refractivity contribution in [3.8, 4) is 0 Å². The quantitative estimate of drug-likeness (QED) is 0.591. The highest BCUT2D eigenvalue weighted by molar-refractivity contribution is 5.25. The van der Waals surface area contributed by atoms with Crippen LogP contribution < -0.4 is 16.0 Å². The van der Waals surface area contributed by atoms with Crippen LogP contribution in [-0.2, 0) is 13.1 Å². The Kier molecular flexibility index (Phi) is 7.81. The van der Waals surface area contributed by atoms with Crippen molar-refractivity contribution in [2.24, 2.45) is 0 Å². The second-order valence-electron chi connectivity index (χ2n) is 5.96. The van der Waals surface area contributed by atoms with Crippen LogP contribution >= 0.6 is 0 Å². The van der Waals surface area contributed by atoms with Crippen molar-refractivity contribution in [1.82, 2.24) is 16.0 Å². The lowest BCUT2D eigenvalue weighted by molar-refractivity contribution is 0.580. The lowest BCUT2D eigenvalue weighted by Gasteiger charge is -2.10. The maximum Gasteiger partial charge on any atom is 0.0208 e. The Morgan fingerprint density at radius 1 is 0.565 bits per heavy atom. The molecule has 2 aromatic carbocycles. The highest BCUT2D eigenvalue weighted by atomic mass is 15.0. The number of nitrogens with one attached hydrogen (secondary N) is 3. The van der Waals surface area contributed by atoms with Gasteiger partial charge in [-0.2, -0.15) is 0 Å². The lowest BCUT2D eigenvalue weighted by Crippen LogP contribution is -2.32. The molecule has 0 aliphatic rings. The molecule has 2 aromatic rings. The van der Waals surface area contributed by atoms with E-state index in [0.29, 0.717) is 0 Å². The summed E-state index contributed by atoms with van der Waals surface area (Å²) < 4.78 is 0. The third-order valence-electron chi connectivity index (χ3n) is 4.11. The lowest BCUT2D eigenvalue weighted by atomic mass is 10.1. The van der Waals surface area contributed by atoms with E-state index in [9.17, 15) is 0 Å². The highest BCUT2D eigenvalue weighted by Gasteiger charge is 1.97. The van der Waals surface area contributed by atoms with Gasteiger partial charge in [0.05, 0.1) is 0 Å². The fourth-order valence-corrected chi connectivity index (χ4v) is 2.54. The maximum absolute atomic E-state index is 3.48. The van der Waals surface area contributed by atoms with E-state index in [1.54, 1.807) is 0 Å². The summed E-state index contributed by atoms with van der Waals surface area (Å²) in [7, 11) is 0. The molecule has 0 aliphatic carbocycles. The Bertz CT molecular complexity index is 529. The second kappa shape index (κ2) is 10.2. The molecule has 0 atom stereocenters. The van der Waals surface area contributed by atoms with Crippen molar-refractivity contribution in [3.05, 3.63) is 70.8 Å². The molecule has 124 valence electrons. The van der Waals surface area contributed by atoms with Gasteiger partial charge in [-0.3, -0.25) is 0 Å². The van der Waals surface area contributed by atoms with Gasteiger partial charge < -0.3 is 16.0 Å². The van der Waals surface area contributed by atoms with Crippen LogP contribution in [0.4, 0.5) is 0 Å². The first-order valence-corrected chi connectivity index (χ1v) is 8.48. The Hall–Kier alpha value is -1.68. The number of hydrogen-bond acceptors (Lipinski definition) is 3. The fraction of sp³-hybridized carbons (Fsp3) is 0.400. The first-order chi connectivity index (χ1) is 11.3. The van der Waals surface area contributed by atoms with Gasteiger partial charge >= 0.3 is 0 Å². The summed E-state index contributed by atoms with van der Waals surface area (Å²) in [6, 6.07) is 17.1. The third kappa shape index (κ3) is 6.53. The van der Waals surface area contributed by atoms with E-state index in [-0.39, 0.29) is 0 Å². The van der Waals surface area contributed by atoms with Crippen molar-refractivity contribution in [2.45, 2.75) is 26.9 Å². The normalized spacial score (nSPS) is 10.9. The summed E-state index contributed by atoms with van der Waals surface area (Å²) in [5.41, 5.74) is 5.47. The topological polar surface area (TPSA) is 36.1 Å². The molecule has 0 spiro atoms. The molecule has 0 heterocycles. The van der Waals surface area contributed by atoms with E-state index in [1.807, 2.05) is 0 Å². The highest BCUT2D eigenvalue weighted by Crippen LogP contribution is 2.06. The van der Waals surface area contributed by atoms with Crippen LogP contribution in [0.3, 0.4) is 0 Å². The van der Waals surface area contributed by atoms with Crippen LogP contribution in [-0.4, -0.2) is 26.2 Å². The SMILES string of the molecule is Cc1ccccc1CNCCNCCNCc1ccccc1C. The van der Waals surface area contributed by atoms with Gasteiger partial charge in [-0.05, 0) is 36.1 Å². The summed E-state index contributed by atoms with van der Waals surface area (Å²) in [6.07, 6.45) is 0. The van der Waals surface area contributed by atoms with E-state index >= 15 is 0 Å². The molecule has 0 radical (unpaired) electrons. The molecule has 0 saturated carbocycles. The molecule has 0 saturated heterocycles. The molecule has 0 unspecified atom stereocenters. The van der Waals surface area contributed by atoms with Crippen molar-refractivity contribution >= 4 is 0 Å². The molecule has 3 N–H and O–H groups in total. The van der Waals surface area contributed by atoms with Crippen LogP contribution in [0.2, 0.25) is 0 Å². The zero-order chi connectivity index (χ0) is 16.3. The van der Waals surface area contributed by atoms with Gasteiger partial charge in [0.25, 0.3) is 0 Å².